The van der Waals surface area contributed by atoms with Gasteiger partial charge in [0.15, 0.2) is 5.82 Å². The fourth-order valence-corrected chi connectivity index (χ4v) is 1.50. The van der Waals surface area contributed by atoms with Crippen LogP contribution in [0.3, 0.4) is 0 Å². The maximum atomic E-state index is 11.2. The van der Waals surface area contributed by atoms with Crippen molar-refractivity contribution in [1.82, 2.24) is 20.8 Å². The molecule has 2 amide bonds. The summed E-state index contributed by atoms with van der Waals surface area (Å²) in [7, 11) is 0. The molecule has 148 valence electrons. The molecule has 0 fully saturated rings. The molecule has 0 aliphatic rings. The molecular weight excluding hydrogens is 348 g/mol. The van der Waals surface area contributed by atoms with Crippen molar-refractivity contribution in [1.29, 1.82) is 0 Å². The number of aromatic nitrogens is 2. The van der Waals surface area contributed by atoms with Gasteiger partial charge in [-0.3, -0.25) is 9.59 Å². The van der Waals surface area contributed by atoms with Crippen molar-refractivity contribution in [3.63, 3.8) is 0 Å². The van der Waals surface area contributed by atoms with E-state index in [0.29, 0.717) is 18.8 Å². The van der Waals surface area contributed by atoms with Gasteiger partial charge in [0.1, 0.15) is 6.54 Å². The molecule has 0 aliphatic heterocycles. The van der Waals surface area contributed by atoms with Gasteiger partial charge >= 0.3 is 18.0 Å². The normalized spacial score (nSPS) is 11.0. The Bertz CT molecular complexity index is 564. The van der Waals surface area contributed by atoms with Crippen molar-refractivity contribution in [3.8, 4) is 0 Å². The minimum Gasteiger partial charge on any atom is -0.481 e. The highest BCUT2D eigenvalue weighted by molar-refractivity contribution is 5.79. The Morgan fingerprint density at radius 2 is 1.85 bits per heavy atom. The number of hydrogen-bond donors (Lipinski definition) is 6. The Hall–Kier alpha value is -2.73. The van der Waals surface area contributed by atoms with Crippen LogP contribution in [0.1, 0.15) is 50.4 Å². The van der Waals surface area contributed by atoms with Gasteiger partial charge in [-0.2, -0.15) is 4.98 Å². The number of carboxylic acid groups (broad SMARTS) is 2. The van der Waals surface area contributed by atoms with Crippen LogP contribution in [0.4, 0.5) is 4.79 Å². The van der Waals surface area contributed by atoms with E-state index in [0.717, 1.165) is 12.8 Å². The predicted octanol–water partition coefficient (Wildman–Crippen LogP) is -0.437. The number of nitrogens with one attached hydrogen (secondary N) is 2. The first kappa shape index (κ1) is 23.3. The maximum absolute atomic E-state index is 11.2. The number of urea groups is 1. The molecule has 1 unspecified atom stereocenters. The second-order valence-electron chi connectivity index (χ2n) is 5.11. The first-order valence-electron chi connectivity index (χ1n) is 8.03. The van der Waals surface area contributed by atoms with Gasteiger partial charge in [-0.1, -0.05) is 18.5 Å². The molecule has 12 heteroatoms. The summed E-state index contributed by atoms with van der Waals surface area (Å²) in [5.74, 6) is -1.31. The summed E-state index contributed by atoms with van der Waals surface area (Å²) in [4.78, 5) is 34.9. The monoisotopic (exact) mass is 374 g/mol. The number of carbonyl (C=O) groups excluding carboxylic acids is 1. The molecule has 26 heavy (non-hydrogen) atoms. The van der Waals surface area contributed by atoms with E-state index < -0.39 is 24.5 Å². The predicted molar refractivity (Wildman–Crippen MR) is 89.9 cm³/mol. The maximum Gasteiger partial charge on any atom is 0.323 e. The number of hydrogen-bond acceptors (Lipinski definition) is 8. The Morgan fingerprint density at radius 3 is 2.38 bits per heavy atom. The van der Waals surface area contributed by atoms with Crippen LogP contribution >= 0.6 is 0 Å². The number of carbonyl (C=O) groups is 3. The van der Waals surface area contributed by atoms with Crippen LogP contribution in [-0.4, -0.2) is 51.4 Å². The standard InChI is InChI=1S/C11H20N6O4.C3H6O2/c12-4-2-1-3-7(13)10-16-8(21-17-10)5-14-11(20)15-6-9(18)19;1-2-3(4)5/h7H,1-6,12-13H2,(H,18,19)(H2,14,15,20);2H2,1H3,(H,4,5). The average molecular weight is 374 g/mol. The largest absolute Gasteiger partial charge is 0.481 e. The topological polar surface area (TPSA) is 207 Å². The second-order valence-corrected chi connectivity index (χ2v) is 5.11. The van der Waals surface area contributed by atoms with Crippen LogP contribution in [0, 0.1) is 0 Å². The van der Waals surface area contributed by atoms with E-state index in [2.05, 4.69) is 20.8 Å². The Balaban J connectivity index is 0.00000110. The lowest BCUT2D eigenvalue weighted by atomic mass is 10.1. The van der Waals surface area contributed by atoms with Crippen molar-refractivity contribution in [2.45, 2.75) is 45.2 Å². The number of carboxylic acids is 2. The zero-order chi connectivity index (χ0) is 19.9. The fraction of sp³-hybridized carbons (Fsp3) is 0.643. The van der Waals surface area contributed by atoms with E-state index in [9.17, 15) is 14.4 Å². The van der Waals surface area contributed by atoms with E-state index in [1.165, 1.54) is 0 Å². The summed E-state index contributed by atoms with van der Waals surface area (Å²) in [5, 5.41) is 24.4. The molecule has 0 saturated heterocycles. The average Bonchev–Trinajstić information content (AvgIpc) is 3.08. The van der Waals surface area contributed by atoms with Crippen molar-refractivity contribution >= 4 is 18.0 Å². The SMILES string of the molecule is CCC(=O)O.NCCCCC(N)c1noc(CNC(=O)NCC(=O)O)n1. The molecule has 0 aliphatic carbocycles. The Kier molecular flexibility index (Phi) is 12.1. The van der Waals surface area contributed by atoms with Gasteiger partial charge in [-0.25, -0.2) is 4.79 Å². The van der Waals surface area contributed by atoms with E-state index in [1.54, 1.807) is 6.92 Å². The fourth-order valence-electron chi connectivity index (χ4n) is 1.50. The van der Waals surface area contributed by atoms with Crippen molar-refractivity contribution in [2.75, 3.05) is 13.1 Å². The van der Waals surface area contributed by atoms with Gasteiger partial charge in [-0.15, -0.1) is 0 Å². The number of rotatable bonds is 10. The second kappa shape index (κ2) is 13.5. The number of nitrogens with zero attached hydrogens (tertiary/aromatic N) is 2. The lowest BCUT2D eigenvalue weighted by Gasteiger charge is -2.05. The van der Waals surface area contributed by atoms with Gasteiger partial charge in [0.25, 0.3) is 0 Å². The van der Waals surface area contributed by atoms with E-state index in [1.807, 2.05) is 0 Å². The van der Waals surface area contributed by atoms with Crippen molar-refractivity contribution in [3.05, 3.63) is 11.7 Å². The third kappa shape index (κ3) is 11.8. The molecule has 1 aromatic heterocycles. The molecule has 1 aromatic rings. The molecular formula is C14H26N6O6. The number of aliphatic carboxylic acids is 2. The minimum absolute atomic E-state index is 0.00598. The van der Waals surface area contributed by atoms with Gasteiger partial charge in [0.05, 0.1) is 12.6 Å². The van der Waals surface area contributed by atoms with Crippen LogP contribution < -0.4 is 22.1 Å². The summed E-state index contributed by atoms with van der Waals surface area (Å²) in [5.41, 5.74) is 11.3. The first-order chi connectivity index (χ1) is 12.3. The Morgan fingerprint density at radius 1 is 1.19 bits per heavy atom. The molecule has 1 rings (SSSR count). The molecule has 12 nitrogen and oxygen atoms in total. The highest BCUT2D eigenvalue weighted by Crippen LogP contribution is 2.13. The lowest BCUT2D eigenvalue weighted by Crippen LogP contribution is -2.38. The molecule has 1 atom stereocenters. The van der Waals surface area contributed by atoms with Gasteiger partial charge in [0.2, 0.25) is 5.89 Å². The molecule has 0 aromatic carbocycles. The van der Waals surface area contributed by atoms with Crippen LogP contribution in [-0.2, 0) is 16.1 Å². The van der Waals surface area contributed by atoms with Crippen molar-refractivity contribution < 1.29 is 29.1 Å². The van der Waals surface area contributed by atoms with Gasteiger partial charge in [-0.05, 0) is 19.4 Å². The van der Waals surface area contributed by atoms with Gasteiger partial charge < -0.3 is 36.8 Å². The zero-order valence-corrected chi connectivity index (χ0v) is 14.6. The lowest BCUT2D eigenvalue weighted by molar-refractivity contribution is -0.137. The van der Waals surface area contributed by atoms with Crippen LogP contribution in [0.5, 0.6) is 0 Å². The molecule has 1 heterocycles. The smallest absolute Gasteiger partial charge is 0.323 e. The summed E-state index contributed by atoms with van der Waals surface area (Å²) < 4.78 is 4.94. The number of unbranched alkanes of at least 4 members (excludes halogenated alkanes) is 1. The summed E-state index contributed by atoms with van der Waals surface area (Å²) in [6, 6.07) is -0.973. The van der Waals surface area contributed by atoms with E-state index >= 15 is 0 Å². The molecule has 0 bridgehead atoms. The Labute approximate surface area is 150 Å². The van der Waals surface area contributed by atoms with Crippen LogP contribution in [0.2, 0.25) is 0 Å². The quantitative estimate of drug-likeness (QED) is 0.291. The first-order valence-corrected chi connectivity index (χ1v) is 8.03. The molecule has 0 saturated carbocycles. The van der Waals surface area contributed by atoms with E-state index in [-0.39, 0.29) is 24.9 Å². The highest BCUT2D eigenvalue weighted by Gasteiger charge is 2.14. The third-order valence-electron chi connectivity index (χ3n) is 2.89. The molecule has 0 spiro atoms. The van der Waals surface area contributed by atoms with Crippen LogP contribution in [0.15, 0.2) is 4.52 Å². The molecule has 0 radical (unpaired) electrons. The van der Waals surface area contributed by atoms with Crippen molar-refractivity contribution in [2.24, 2.45) is 11.5 Å². The van der Waals surface area contributed by atoms with E-state index in [4.69, 9.17) is 26.2 Å². The number of amides is 2. The molecule has 8 N–H and O–H groups in total. The summed E-state index contributed by atoms with van der Waals surface area (Å²) in [6.07, 6.45) is 2.67. The summed E-state index contributed by atoms with van der Waals surface area (Å²) in [6.45, 7) is 1.74. The van der Waals surface area contributed by atoms with Gasteiger partial charge in [0, 0.05) is 6.42 Å². The zero-order valence-electron chi connectivity index (χ0n) is 14.6. The summed E-state index contributed by atoms with van der Waals surface area (Å²) >= 11 is 0. The number of nitrogens with two attached hydrogens (primary N) is 2. The highest BCUT2D eigenvalue weighted by atomic mass is 16.5. The minimum atomic E-state index is -1.13. The third-order valence-corrected chi connectivity index (χ3v) is 2.89. The van der Waals surface area contributed by atoms with Crippen LogP contribution in [0.25, 0.3) is 0 Å².